The van der Waals surface area contributed by atoms with Gasteiger partial charge in [-0.05, 0) is 75.8 Å². The molecule has 1 fully saturated rings. The summed E-state index contributed by atoms with van der Waals surface area (Å²) in [5.41, 5.74) is 3.94. The molecule has 0 aromatic heterocycles. The Morgan fingerprint density at radius 3 is 2.65 bits per heavy atom. The maximum atomic E-state index is 12.5. The summed E-state index contributed by atoms with van der Waals surface area (Å²) < 4.78 is 6.04. The Hall–Kier alpha value is -2.49. The third kappa shape index (κ3) is 4.78. The third-order valence-electron chi connectivity index (χ3n) is 4.87. The zero-order valence-corrected chi connectivity index (χ0v) is 15.8. The third-order valence-corrected chi connectivity index (χ3v) is 4.87. The summed E-state index contributed by atoms with van der Waals surface area (Å²) in [5.74, 6) is 0.810. The van der Waals surface area contributed by atoms with Gasteiger partial charge in [-0.1, -0.05) is 18.2 Å². The van der Waals surface area contributed by atoms with E-state index in [4.69, 9.17) is 4.74 Å². The molecule has 1 aliphatic rings. The van der Waals surface area contributed by atoms with Crippen LogP contribution in [0.3, 0.4) is 0 Å². The lowest BCUT2D eigenvalue weighted by Gasteiger charge is -2.18. The second kappa shape index (κ2) is 8.26. The molecule has 0 heterocycles. The Labute approximate surface area is 156 Å². The molecule has 0 unspecified atom stereocenters. The minimum atomic E-state index is -0.350. The SMILES string of the molecule is Cc1ccc(C)c(NC(=O)[C@H](C)Nc2cccc(OC3CCCC3)c2)c1. The molecular formula is C22H28N2O2. The summed E-state index contributed by atoms with van der Waals surface area (Å²) >= 11 is 0. The summed E-state index contributed by atoms with van der Waals surface area (Å²) in [6.45, 7) is 5.88. The van der Waals surface area contributed by atoms with E-state index in [9.17, 15) is 4.79 Å². The Kier molecular flexibility index (Phi) is 5.82. The van der Waals surface area contributed by atoms with Crippen molar-refractivity contribution in [2.45, 2.75) is 58.6 Å². The number of carbonyl (C=O) groups is 1. The molecule has 4 heteroatoms. The molecule has 2 aromatic rings. The van der Waals surface area contributed by atoms with Gasteiger partial charge in [0.2, 0.25) is 5.91 Å². The molecule has 26 heavy (non-hydrogen) atoms. The molecule has 1 aliphatic carbocycles. The quantitative estimate of drug-likeness (QED) is 0.763. The van der Waals surface area contributed by atoms with E-state index in [2.05, 4.69) is 10.6 Å². The number of benzene rings is 2. The first-order valence-electron chi connectivity index (χ1n) is 9.42. The zero-order valence-electron chi connectivity index (χ0n) is 15.8. The van der Waals surface area contributed by atoms with Crippen LogP contribution in [0.5, 0.6) is 5.75 Å². The number of aryl methyl sites for hydroxylation is 2. The van der Waals surface area contributed by atoms with Gasteiger partial charge in [-0.25, -0.2) is 0 Å². The van der Waals surface area contributed by atoms with Gasteiger partial charge in [-0.15, -0.1) is 0 Å². The van der Waals surface area contributed by atoms with E-state index < -0.39 is 0 Å². The number of hydrogen-bond donors (Lipinski definition) is 2. The van der Waals surface area contributed by atoms with E-state index >= 15 is 0 Å². The van der Waals surface area contributed by atoms with E-state index in [1.165, 1.54) is 12.8 Å². The molecule has 138 valence electrons. The zero-order chi connectivity index (χ0) is 18.5. The number of anilines is 2. The lowest BCUT2D eigenvalue weighted by Crippen LogP contribution is -2.32. The first-order valence-corrected chi connectivity index (χ1v) is 9.42. The molecule has 0 radical (unpaired) electrons. The van der Waals surface area contributed by atoms with Gasteiger partial charge in [-0.2, -0.15) is 0 Å². The molecule has 2 N–H and O–H groups in total. The highest BCUT2D eigenvalue weighted by Crippen LogP contribution is 2.26. The van der Waals surface area contributed by atoms with Crippen LogP contribution in [0.1, 0.15) is 43.7 Å². The van der Waals surface area contributed by atoms with Gasteiger partial charge in [0.05, 0.1) is 6.10 Å². The maximum Gasteiger partial charge on any atom is 0.246 e. The van der Waals surface area contributed by atoms with Crippen molar-refractivity contribution >= 4 is 17.3 Å². The molecule has 0 spiro atoms. The second-order valence-corrected chi connectivity index (χ2v) is 7.23. The van der Waals surface area contributed by atoms with Gasteiger partial charge in [0, 0.05) is 17.4 Å². The van der Waals surface area contributed by atoms with Crippen LogP contribution in [-0.4, -0.2) is 18.1 Å². The summed E-state index contributed by atoms with van der Waals surface area (Å²) in [7, 11) is 0. The topological polar surface area (TPSA) is 50.4 Å². The van der Waals surface area contributed by atoms with Gasteiger partial charge >= 0.3 is 0 Å². The summed E-state index contributed by atoms with van der Waals surface area (Å²) in [6, 6.07) is 13.6. The molecule has 0 saturated heterocycles. The smallest absolute Gasteiger partial charge is 0.246 e. The van der Waals surface area contributed by atoms with Gasteiger partial charge in [0.25, 0.3) is 0 Å². The fourth-order valence-electron chi connectivity index (χ4n) is 3.28. The summed E-state index contributed by atoms with van der Waals surface area (Å²) in [6.07, 6.45) is 5.09. The molecular weight excluding hydrogens is 324 g/mol. The van der Waals surface area contributed by atoms with Crippen molar-refractivity contribution in [3.05, 3.63) is 53.6 Å². The lowest BCUT2D eigenvalue weighted by atomic mass is 10.1. The van der Waals surface area contributed by atoms with Crippen molar-refractivity contribution in [1.82, 2.24) is 0 Å². The average Bonchev–Trinajstić information content (AvgIpc) is 3.11. The highest BCUT2D eigenvalue weighted by molar-refractivity contribution is 5.96. The standard InChI is InChI=1S/C22H28N2O2/c1-15-11-12-16(2)21(13-15)24-22(25)17(3)23-18-7-6-10-20(14-18)26-19-8-4-5-9-19/h6-7,10-14,17,19,23H,4-5,8-9H2,1-3H3,(H,24,25)/t17-/m0/s1. The van der Waals surface area contributed by atoms with Gasteiger partial charge < -0.3 is 15.4 Å². The van der Waals surface area contributed by atoms with Crippen LogP contribution in [0.15, 0.2) is 42.5 Å². The second-order valence-electron chi connectivity index (χ2n) is 7.23. The number of rotatable bonds is 6. The molecule has 1 saturated carbocycles. The monoisotopic (exact) mass is 352 g/mol. The van der Waals surface area contributed by atoms with Crippen LogP contribution in [0.2, 0.25) is 0 Å². The summed E-state index contributed by atoms with van der Waals surface area (Å²) in [4.78, 5) is 12.5. The van der Waals surface area contributed by atoms with Gasteiger partial charge in [0.1, 0.15) is 11.8 Å². The van der Waals surface area contributed by atoms with Crippen LogP contribution in [-0.2, 0) is 4.79 Å². The average molecular weight is 352 g/mol. The Morgan fingerprint density at radius 1 is 1.12 bits per heavy atom. The Bertz CT molecular complexity index is 766. The van der Waals surface area contributed by atoms with E-state index in [0.29, 0.717) is 6.10 Å². The van der Waals surface area contributed by atoms with Crippen LogP contribution >= 0.6 is 0 Å². The first kappa shape index (κ1) is 18.3. The van der Waals surface area contributed by atoms with Crippen LogP contribution in [0.25, 0.3) is 0 Å². The van der Waals surface area contributed by atoms with Crippen molar-refractivity contribution in [1.29, 1.82) is 0 Å². The number of carbonyl (C=O) groups excluding carboxylic acids is 1. The van der Waals surface area contributed by atoms with Crippen LogP contribution < -0.4 is 15.4 Å². The number of amides is 1. The van der Waals surface area contributed by atoms with Gasteiger partial charge in [0.15, 0.2) is 0 Å². The Balaban J connectivity index is 1.60. The molecule has 1 amide bonds. The predicted molar refractivity (Wildman–Crippen MR) is 107 cm³/mol. The summed E-state index contributed by atoms with van der Waals surface area (Å²) in [5, 5.41) is 6.28. The van der Waals surface area contributed by atoms with Crippen LogP contribution in [0, 0.1) is 13.8 Å². The van der Waals surface area contributed by atoms with Crippen molar-refractivity contribution in [2.75, 3.05) is 10.6 Å². The fraction of sp³-hybridized carbons (Fsp3) is 0.409. The highest BCUT2D eigenvalue weighted by Gasteiger charge is 2.17. The highest BCUT2D eigenvalue weighted by atomic mass is 16.5. The number of nitrogens with one attached hydrogen (secondary N) is 2. The molecule has 1 atom stereocenters. The minimum Gasteiger partial charge on any atom is -0.490 e. The van der Waals surface area contributed by atoms with E-state index in [-0.39, 0.29) is 11.9 Å². The minimum absolute atomic E-state index is 0.0548. The maximum absolute atomic E-state index is 12.5. The van der Waals surface area contributed by atoms with Crippen molar-refractivity contribution in [3.8, 4) is 5.75 Å². The molecule has 0 bridgehead atoms. The number of ether oxygens (including phenoxy) is 1. The normalized spacial score (nSPS) is 15.5. The van der Waals surface area contributed by atoms with Crippen molar-refractivity contribution in [3.63, 3.8) is 0 Å². The molecule has 3 rings (SSSR count). The number of hydrogen-bond acceptors (Lipinski definition) is 3. The van der Waals surface area contributed by atoms with E-state index in [0.717, 1.165) is 41.1 Å². The molecule has 2 aromatic carbocycles. The van der Waals surface area contributed by atoms with Crippen molar-refractivity contribution < 1.29 is 9.53 Å². The van der Waals surface area contributed by atoms with E-state index in [1.807, 2.05) is 63.2 Å². The van der Waals surface area contributed by atoms with Crippen molar-refractivity contribution in [2.24, 2.45) is 0 Å². The molecule has 4 nitrogen and oxygen atoms in total. The van der Waals surface area contributed by atoms with Gasteiger partial charge in [-0.3, -0.25) is 4.79 Å². The largest absolute Gasteiger partial charge is 0.490 e. The Morgan fingerprint density at radius 2 is 1.88 bits per heavy atom. The predicted octanol–water partition coefficient (Wildman–Crippen LogP) is 5.06. The first-order chi connectivity index (χ1) is 12.5. The lowest BCUT2D eigenvalue weighted by molar-refractivity contribution is -0.116. The molecule has 0 aliphatic heterocycles. The van der Waals surface area contributed by atoms with E-state index in [1.54, 1.807) is 0 Å². The fourth-order valence-corrected chi connectivity index (χ4v) is 3.28. The van der Waals surface area contributed by atoms with Crippen LogP contribution in [0.4, 0.5) is 11.4 Å².